The topological polar surface area (TPSA) is 55.9 Å². The Morgan fingerprint density at radius 2 is 2.00 bits per heavy atom. The van der Waals surface area contributed by atoms with E-state index in [9.17, 15) is 0 Å². The third-order valence-electron chi connectivity index (χ3n) is 3.91. The summed E-state index contributed by atoms with van der Waals surface area (Å²) in [6.45, 7) is 6.07. The molecule has 120 valence electrons. The fourth-order valence-corrected chi connectivity index (χ4v) is 2.83. The first-order valence-electron chi connectivity index (χ1n) is 7.74. The maximum atomic E-state index is 6.26. The van der Waals surface area contributed by atoms with Gasteiger partial charge in [0, 0.05) is 18.1 Å². The SMILES string of the molecule is Cc1ccc2nc(NCCN)n(Cc3ccc(C)c(Cl)c3)c2c1. The molecule has 0 saturated carbocycles. The lowest BCUT2D eigenvalue weighted by Gasteiger charge is -2.11. The average molecular weight is 329 g/mol. The van der Waals surface area contributed by atoms with Crippen molar-refractivity contribution in [3.05, 3.63) is 58.1 Å². The van der Waals surface area contributed by atoms with Crippen LogP contribution in [0.25, 0.3) is 11.0 Å². The molecule has 2 aromatic carbocycles. The number of fused-ring (bicyclic) bond motifs is 1. The summed E-state index contributed by atoms with van der Waals surface area (Å²) >= 11 is 6.26. The minimum absolute atomic E-state index is 0.568. The highest BCUT2D eigenvalue weighted by Gasteiger charge is 2.11. The van der Waals surface area contributed by atoms with Crippen molar-refractivity contribution in [2.45, 2.75) is 20.4 Å². The number of anilines is 1. The number of hydrogen-bond acceptors (Lipinski definition) is 3. The number of aryl methyl sites for hydroxylation is 2. The molecule has 1 heterocycles. The minimum atomic E-state index is 0.568. The van der Waals surface area contributed by atoms with E-state index in [1.807, 2.05) is 13.0 Å². The van der Waals surface area contributed by atoms with Crippen LogP contribution >= 0.6 is 11.6 Å². The molecule has 5 heteroatoms. The normalized spacial score (nSPS) is 11.1. The Morgan fingerprint density at radius 3 is 2.74 bits per heavy atom. The number of nitrogens with two attached hydrogens (primary N) is 1. The number of nitrogens with one attached hydrogen (secondary N) is 1. The first-order chi connectivity index (χ1) is 11.1. The molecule has 0 amide bonds. The van der Waals surface area contributed by atoms with Crippen LogP contribution in [0, 0.1) is 13.8 Å². The van der Waals surface area contributed by atoms with Crippen molar-refractivity contribution < 1.29 is 0 Å². The van der Waals surface area contributed by atoms with Crippen LogP contribution < -0.4 is 11.1 Å². The van der Waals surface area contributed by atoms with Crippen molar-refractivity contribution in [1.29, 1.82) is 0 Å². The Hall–Kier alpha value is -2.04. The maximum absolute atomic E-state index is 6.26. The molecule has 0 aliphatic carbocycles. The smallest absolute Gasteiger partial charge is 0.204 e. The fourth-order valence-electron chi connectivity index (χ4n) is 2.63. The molecule has 0 saturated heterocycles. The number of aromatic nitrogens is 2. The number of nitrogens with zero attached hydrogens (tertiary/aromatic N) is 2. The molecule has 23 heavy (non-hydrogen) atoms. The Kier molecular flexibility index (Phi) is 4.55. The maximum Gasteiger partial charge on any atom is 0.204 e. The molecule has 3 aromatic rings. The molecule has 0 spiro atoms. The molecule has 1 aromatic heterocycles. The van der Waals surface area contributed by atoms with Crippen LogP contribution in [0.15, 0.2) is 36.4 Å². The van der Waals surface area contributed by atoms with Gasteiger partial charge in [0.15, 0.2) is 0 Å². The lowest BCUT2D eigenvalue weighted by Crippen LogP contribution is -2.16. The Balaban J connectivity index is 2.05. The summed E-state index contributed by atoms with van der Waals surface area (Å²) in [6.07, 6.45) is 0. The third kappa shape index (κ3) is 3.33. The molecule has 0 bridgehead atoms. The second-order valence-corrected chi connectivity index (χ2v) is 6.22. The zero-order valence-electron chi connectivity index (χ0n) is 13.4. The molecule has 0 aliphatic rings. The highest BCUT2D eigenvalue weighted by Crippen LogP contribution is 2.24. The van der Waals surface area contributed by atoms with Crippen LogP contribution in [-0.2, 0) is 6.54 Å². The number of rotatable bonds is 5. The van der Waals surface area contributed by atoms with Gasteiger partial charge in [0.05, 0.1) is 17.6 Å². The molecule has 3 N–H and O–H groups in total. The van der Waals surface area contributed by atoms with E-state index >= 15 is 0 Å². The van der Waals surface area contributed by atoms with Gasteiger partial charge in [-0.05, 0) is 48.7 Å². The second-order valence-electron chi connectivity index (χ2n) is 5.81. The van der Waals surface area contributed by atoms with E-state index in [2.05, 4.69) is 47.1 Å². The van der Waals surface area contributed by atoms with E-state index in [1.54, 1.807) is 0 Å². The molecule has 4 nitrogen and oxygen atoms in total. The van der Waals surface area contributed by atoms with Gasteiger partial charge < -0.3 is 15.6 Å². The van der Waals surface area contributed by atoms with E-state index in [4.69, 9.17) is 22.3 Å². The van der Waals surface area contributed by atoms with Gasteiger partial charge in [0.2, 0.25) is 5.95 Å². The lowest BCUT2D eigenvalue weighted by molar-refractivity contribution is 0.820. The summed E-state index contributed by atoms with van der Waals surface area (Å²) in [5.74, 6) is 0.841. The van der Waals surface area contributed by atoms with E-state index in [1.165, 1.54) is 5.56 Å². The van der Waals surface area contributed by atoms with Gasteiger partial charge in [0.25, 0.3) is 0 Å². The molecule has 0 aliphatic heterocycles. The quantitative estimate of drug-likeness (QED) is 0.750. The first kappa shape index (κ1) is 15.8. The second kappa shape index (κ2) is 6.60. The predicted molar refractivity (Wildman–Crippen MR) is 97.3 cm³/mol. The minimum Gasteiger partial charge on any atom is -0.354 e. The van der Waals surface area contributed by atoms with Gasteiger partial charge in [-0.25, -0.2) is 4.98 Å². The Labute approximate surface area is 141 Å². The Morgan fingerprint density at radius 1 is 1.17 bits per heavy atom. The van der Waals surface area contributed by atoms with Gasteiger partial charge >= 0.3 is 0 Å². The van der Waals surface area contributed by atoms with Crippen LogP contribution in [0.4, 0.5) is 5.95 Å². The van der Waals surface area contributed by atoms with Gasteiger partial charge in [-0.1, -0.05) is 29.8 Å². The molecule has 0 radical (unpaired) electrons. The average Bonchev–Trinajstić information content (AvgIpc) is 2.86. The van der Waals surface area contributed by atoms with Crippen molar-refractivity contribution in [2.75, 3.05) is 18.4 Å². The summed E-state index contributed by atoms with van der Waals surface area (Å²) in [5, 5.41) is 4.10. The molecule has 0 fully saturated rings. The largest absolute Gasteiger partial charge is 0.354 e. The molecular weight excluding hydrogens is 308 g/mol. The zero-order chi connectivity index (χ0) is 16.4. The monoisotopic (exact) mass is 328 g/mol. The summed E-state index contributed by atoms with van der Waals surface area (Å²) in [7, 11) is 0. The summed E-state index contributed by atoms with van der Waals surface area (Å²) in [4.78, 5) is 4.69. The van der Waals surface area contributed by atoms with Gasteiger partial charge in [0.1, 0.15) is 0 Å². The lowest BCUT2D eigenvalue weighted by atomic mass is 10.1. The first-order valence-corrected chi connectivity index (χ1v) is 8.12. The Bertz CT molecular complexity index is 838. The summed E-state index contributed by atoms with van der Waals surface area (Å²) in [6, 6.07) is 12.5. The van der Waals surface area contributed by atoms with Crippen LogP contribution in [0.1, 0.15) is 16.7 Å². The standard InChI is InChI=1S/C18H21ClN4/c1-12-3-6-16-17(9-12)23(18(22-16)21-8-7-20)11-14-5-4-13(2)15(19)10-14/h3-6,9-10H,7-8,11,20H2,1-2H3,(H,21,22). The van der Waals surface area contributed by atoms with Crippen molar-refractivity contribution in [1.82, 2.24) is 9.55 Å². The van der Waals surface area contributed by atoms with Gasteiger partial charge in [-0.3, -0.25) is 0 Å². The third-order valence-corrected chi connectivity index (χ3v) is 4.32. The molecule has 3 rings (SSSR count). The van der Waals surface area contributed by atoms with E-state index in [0.29, 0.717) is 19.6 Å². The van der Waals surface area contributed by atoms with Gasteiger partial charge in [-0.15, -0.1) is 0 Å². The van der Waals surface area contributed by atoms with Crippen molar-refractivity contribution in [3.8, 4) is 0 Å². The van der Waals surface area contributed by atoms with Crippen LogP contribution in [0.2, 0.25) is 5.02 Å². The van der Waals surface area contributed by atoms with E-state index in [0.717, 1.165) is 33.1 Å². The number of benzene rings is 2. The van der Waals surface area contributed by atoms with Crippen molar-refractivity contribution in [3.63, 3.8) is 0 Å². The number of halogens is 1. The van der Waals surface area contributed by atoms with Crippen LogP contribution in [0.5, 0.6) is 0 Å². The zero-order valence-corrected chi connectivity index (χ0v) is 14.2. The highest BCUT2D eigenvalue weighted by molar-refractivity contribution is 6.31. The van der Waals surface area contributed by atoms with E-state index < -0.39 is 0 Å². The summed E-state index contributed by atoms with van der Waals surface area (Å²) < 4.78 is 2.18. The molecule has 0 atom stereocenters. The summed E-state index contributed by atoms with van der Waals surface area (Å²) in [5.41, 5.74) is 11.2. The van der Waals surface area contributed by atoms with Gasteiger partial charge in [-0.2, -0.15) is 0 Å². The molecule has 0 unspecified atom stereocenters. The fraction of sp³-hybridized carbons (Fsp3) is 0.278. The van der Waals surface area contributed by atoms with Crippen LogP contribution in [-0.4, -0.2) is 22.6 Å². The van der Waals surface area contributed by atoms with E-state index in [-0.39, 0.29) is 0 Å². The predicted octanol–water partition coefficient (Wildman–Crippen LogP) is 3.73. The van der Waals surface area contributed by atoms with Crippen molar-refractivity contribution in [2.24, 2.45) is 5.73 Å². The number of hydrogen-bond donors (Lipinski definition) is 2. The highest BCUT2D eigenvalue weighted by atomic mass is 35.5. The van der Waals surface area contributed by atoms with Crippen LogP contribution in [0.3, 0.4) is 0 Å². The van der Waals surface area contributed by atoms with Crippen molar-refractivity contribution >= 4 is 28.6 Å². The molecular formula is C18H21ClN4. The number of imidazole rings is 1.